The van der Waals surface area contributed by atoms with Gasteiger partial charge in [0.2, 0.25) is 0 Å². The van der Waals surface area contributed by atoms with E-state index >= 15 is 0 Å². The molecule has 0 aromatic heterocycles. The SMILES string of the molecule is C1=C\CCCCCCCC\C=C/1. The standard InChI is InChI=1S/C12H20/c1-2-4-6-8-10-12-11-9-7-5-3-1/h1-4H,5-12H2/b3-1-,4-2-. The minimum Gasteiger partial charge on any atom is -0.0845 e. The Bertz CT molecular complexity index is 124. The van der Waals surface area contributed by atoms with Crippen LogP contribution in [-0.2, 0) is 0 Å². The second-order valence-electron chi connectivity index (χ2n) is 3.55. The normalized spacial score (nSPS) is 26.7. The van der Waals surface area contributed by atoms with E-state index in [0.717, 1.165) is 0 Å². The molecule has 0 fully saturated rings. The van der Waals surface area contributed by atoms with Crippen LogP contribution in [0, 0.1) is 0 Å². The average Bonchev–Trinajstić information content (AvgIpc) is 2.05. The van der Waals surface area contributed by atoms with E-state index in [1.54, 1.807) is 0 Å². The molecule has 1 rings (SSSR count). The summed E-state index contributed by atoms with van der Waals surface area (Å²) < 4.78 is 0. The van der Waals surface area contributed by atoms with Crippen molar-refractivity contribution in [1.29, 1.82) is 0 Å². The minimum atomic E-state index is 1.27. The fraction of sp³-hybridized carbons (Fsp3) is 0.667. The molecule has 1 aliphatic rings. The van der Waals surface area contributed by atoms with E-state index in [9.17, 15) is 0 Å². The van der Waals surface area contributed by atoms with Crippen LogP contribution in [0.5, 0.6) is 0 Å². The van der Waals surface area contributed by atoms with Crippen LogP contribution in [0.3, 0.4) is 0 Å². The van der Waals surface area contributed by atoms with Crippen LogP contribution in [-0.4, -0.2) is 0 Å². The highest BCUT2D eigenvalue weighted by Crippen LogP contribution is 2.10. The van der Waals surface area contributed by atoms with Crippen LogP contribution < -0.4 is 0 Å². The van der Waals surface area contributed by atoms with Gasteiger partial charge >= 0.3 is 0 Å². The summed E-state index contributed by atoms with van der Waals surface area (Å²) >= 11 is 0. The van der Waals surface area contributed by atoms with Crippen molar-refractivity contribution < 1.29 is 0 Å². The molecule has 0 aliphatic heterocycles. The molecule has 0 radical (unpaired) electrons. The van der Waals surface area contributed by atoms with Gasteiger partial charge in [0.25, 0.3) is 0 Å². The van der Waals surface area contributed by atoms with Crippen LogP contribution in [0.1, 0.15) is 51.4 Å². The van der Waals surface area contributed by atoms with Crippen molar-refractivity contribution >= 4 is 0 Å². The molecule has 1 aliphatic carbocycles. The lowest BCUT2D eigenvalue weighted by Gasteiger charge is -1.99. The molecular formula is C12H20. The first-order chi connectivity index (χ1) is 6.00. The summed E-state index contributed by atoms with van der Waals surface area (Å²) in [5, 5.41) is 0. The third kappa shape index (κ3) is 5.17. The van der Waals surface area contributed by atoms with Crippen LogP contribution >= 0.6 is 0 Å². The predicted molar refractivity (Wildman–Crippen MR) is 55.2 cm³/mol. The smallest absolute Gasteiger partial charge is 0.0348 e. The van der Waals surface area contributed by atoms with Crippen molar-refractivity contribution in [2.75, 3.05) is 0 Å². The van der Waals surface area contributed by atoms with Crippen LogP contribution in [0.25, 0.3) is 0 Å². The van der Waals surface area contributed by atoms with E-state index in [4.69, 9.17) is 0 Å². The zero-order valence-corrected chi connectivity index (χ0v) is 7.97. The maximum Gasteiger partial charge on any atom is -0.0348 e. The average molecular weight is 164 g/mol. The van der Waals surface area contributed by atoms with Gasteiger partial charge in [0.15, 0.2) is 0 Å². The van der Waals surface area contributed by atoms with Crippen molar-refractivity contribution in [2.45, 2.75) is 51.4 Å². The Morgan fingerprint density at radius 1 is 0.500 bits per heavy atom. The molecule has 0 aromatic carbocycles. The highest BCUT2D eigenvalue weighted by molar-refractivity contribution is 5.02. The molecule has 0 amide bonds. The lowest BCUT2D eigenvalue weighted by atomic mass is 10.1. The minimum absolute atomic E-state index is 1.27. The first kappa shape index (κ1) is 9.57. The molecule has 0 saturated carbocycles. The first-order valence-corrected chi connectivity index (χ1v) is 5.32. The quantitative estimate of drug-likeness (QED) is 0.502. The lowest BCUT2D eigenvalue weighted by Crippen LogP contribution is -1.80. The van der Waals surface area contributed by atoms with E-state index in [1.165, 1.54) is 51.4 Å². The molecule has 68 valence electrons. The third-order valence-corrected chi connectivity index (χ3v) is 2.37. The maximum absolute atomic E-state index is 2.29. The number of hydrogen-bond acceptors (Lipinski definition) is 0. The summed E-state index contributed by atoms with van der Waals surface area (Å²) in [6, 6.07) is 0. The molecule has 12 heavy (non-hydrogen) atoms. The molecule has 0 saturated heterocycles. The van der Waals surface area contributed by atoms with Crippen molar-refractivity contribution in [1.82, 2.24) is 0 Å². The van der Waals surface area contributed by atoms with Crippen LogP contribution in [0.15, 0.2) is 24.3 Å². The summed E-state index contributed by atoms with van der Waals surface area (Å²) in [4.78, 5) is 0. The third-order valence-electron chi connectivity index (χ3n) is 2.37. The molecule has 0 heterocycles. The highest BCUT2D eigenvalue weighted by Gasteiger charge is 1.90. The van der Waals surface area contributed by atoms with Gasteiger partial charge in [-0.3, -0.25) is 0 Å². The monoisotopic (exact) mass is 164 g/mol. The predicted octanol–water partition coefficient (Wildman–Crippen LogP) is 4.23. The Balaban J connectivity index is 2.21. The number of hydrogen-bond donors (Lipinski definition) is 0. The Hall–Kier alpha value is -0.520. The number of rotatable bonds is 0. The topological polar surface area (TPSA) is 0 Å². The molecule has 0 unspecified atom stereocenters. The zero-order chi connectivity index (χ0) is 8.49. The largest absolute Gasteiger partial charge is 0.0845 e. The van der Waals surface area contributed by atoms with Gasteiger partial charge in [-0.05, 0) is 25.7 Å². The summed E-state index contributed by atoms with van der Waals surface area (Å²) in [5.41, 5.74) is 0. The molecule has 0 bridgehead atoms. The van der Waals surface area contributed by atoms with Gasteiger partial charge in [-0.2, -0.15) is 0 Å². The van der Waals surface area contributed by atoms with E-state index in [1.807, 2.05) is 0 Å². The summed E-state index contributed by atoms with van der Waals surface area (Å²) in [6.07, 6.45) is 20.0. The lowest BCUT2D eigenvalue weighted by molar-refractivity contribution is 0.599. The van der Waals surface area contributed by atoms with Crippen molar-refractivity contribution in [3.8, 4) is 0 Å². The molecule has 0 atom stereocenters. The fourth-order valence-electron chi connectivity index (χ4n) is 1.58. The Kier molecular flexibility index (Phi) is 5.70. The van der Waals surface area contributed by atoms with Crippen molar-refractivity contribution in [2.24, 2.45) is 0 Å². The second kappa shape index (κ2) is 7.15. The summed E-state index contributed by atoms with van der Waals surface area (Å²) in [6.45, 7) is 0. The van der Waals surface area contributed by atoms with Gasteiger partial charge in [-0.15, -0.1) is 0 Å². The molecule has 0 nitrogen and oxygen atoms in total. The van der Waals surface area contributed by atoms with Crippen molar-refractivity contribution in [3.63, 3.8) is 0 Å². The van der Waals surface area contributed by atoms with Gasteiger partial charge in [0, 0.05) is 0 Å². The van der Waals surface area contributed by atoms with Gasteiger partial charge in [-0.25, -0.2) is 0 Å². The Labute approximate surface area is 76.4 Å². The highest BCUT2D eigenvalue weighted by atomic mass is 14.0. The molecule has 0 N–H and O–H groups in total. The first-order valence-electron chi connectivity index (χ1n) is 5.32. The second-order valence-corrected chi connectivity index (χ2v) is 3.55. The molecule has 0 aromatic rings. The van der Waals surface area contributed by atoms with E-state index < -0.39 is 0 Å². The molecular weight excluding hydrogens is 144 g/mol. The van der Waals surface area contributed by atoms with E-state index in [2.05, 4.69) is 24.3 Å². The Morgan fingerprint density at radius 3 is 1.42 bits per heavy atom. The summed E-state index contributed by atoms with van der Waals surface area (Å²) in [5.74, 6) is 0. The number of allylic oxidation sites excluding steroid dienone is 4. The maximum atomic E-state index is 2.29. The van der Waals surface area contributed by atoms with Gasteiger partial charge in [0.05, 0.1) is 0 Å². The van der Waals surface area contributed by atoms with Gasteiger partial charge in [-0.1, -0.05) is 50.0 Å². The fourth-order valence-corrected chi connectivity index (χ4v) is 1.58. The van der Waals surface area contributed by atoms with Crippen molar-refractivity contribution in [3.05, 3.63) is 24.3 Å². The van der Waals surface area contributed by atoms with E-state index in [-0.39, 0.29) is 0 Å². The van der Waals surface area contributed by atoms with E-state index in [0.29, 0.717) is 0 Å². The summed E-state index contributed by atoms with van der Waals surface area (Å²) in [7, 11) is 0. The molecule has 0 heteroatoms. The van der Waals surface area contributed by atoms with Gasteiger partial charge < -0.3 is 0 Å². The molecule has 0 spiro atoms. The van der Waals surface area contributed by atoms with Crippen LogP contribution in [0.4, 0.5) is 0 Å². The zero-order valence-electron chi connectivity index (χ0n) is 7.97. The van der Waals surface area contributed by atoms with Gasteiger partial charge in [0.1, 0.15) is 0 Å². The van der Waals surface area contributed by atoms with Crippen LogP contribution in [0.2, 0.25) is 0 Å². The Morgan fingerprint density at radius 2 is 0.917 bits per heavy atom.